The summed E-state index contributed by atoms with van der Waals surface area (Å²) in [5.41, 5.74) is 7.10. The van der Waals surface area contributed by atoms with E-state index < -0.39 is 6.04 Å². The van der Waals surface area contributed by atoms with E-state index in [1.807, 2.05) is 20.8 Å². The summed E-state index contributed by atoms with van der Waals surface area (Å²) in [5, 5.41) is 5.78. The minimum Gasteiger partial charge on any atom is -0.346 e. The van der Waals surface area contributed by atoms with E-state index in [-0.39, 0.29) is 36.7 Å². The number of hydrogen-bond donors (Lipinski definition) is 3. The fourth-order valence-electron chi connectivity index (χ4n) is 1.53. The summed E-state index contributed by atoms with van der Waals surface area (Å²) in [5.74, 6) is -0.633. The normalized spacial score (nSPS) is 11.5. The van der Waals surface area contributed by atoms with Crippen LogP contribution in [0.1, 0.15) is 19.4 Å². The number of nitrogens with two attached hydrogens (primary N) is 1. The Morgan fingerprint density at radius 1 is 1.33 bits per heavy atom. The van der Waals surface area contributed by atoms with Crippen LogP contribution in [0.25, 0.3) is 0 Å². The van der Waals surface area contributed by atoms with Gasteiger partial charge in [0.15, 0.2) is 0 Å². The van der Waals surface area contributed by atoms with Crippen molar-refractivity contribution in [3.8, 4) is 0 Å². The molecule has 0 unspecified atom stereocenters. The summed E-state index contributed by atoms with van der Waals surface area (Å²) < 4.78 is 0. The number of carbonyl (C=O) groups excluding carboxylic acids is 2. The van der Waals surface area contributed by atoms with Crippen LogP contribution in [-0.4, -0.2) is 24.4 Å². The average Bonchev–Trinajstić information content (AvgIpc) is 2.40. The number of anilines is 1. The van der Waals surface area contributed by atoms with Crippen molar-refractivity contribution in [3.05, 3.63) is 28.8 Å². The maximum atomic E-state index is 11.8. The topological polar surface area (TPSA) is 84.2 Å². The summed E-state index contributed by atoms with van der Waals surface area (Å²) in [6, 6.07) is 4.63. The highest BCUT2D eigenvalue weighted by atomic mass is 35.5. The molecule has 0 aliphatic rings. The molecule has 1 rings (SSSR count). The van der Waals surface area contributed by atoms with Gasteiger partial charge in [-0.25, -0.2) is 0 Å². The smallest absolute Gasteiger partial charge is 0.243 e. The Kier molecular flexibility index (Phi) is 8.32. The minimum absolute atomic E-state index is 0. The van der Waals surface area contributed by atoms with E-state index >= 15 is 0 Å². The molecule has 0 aliphatic carbocycles. The molecule has 0 aromatic heterocycles. The molecule has 0 heterocycles. The second kappa shape index (κ2) is 8.87. The van der Waals surface area contributed by atoms with Crippen LogP contribution in [0.2, 0.25) is 5.02 Å². The highest BCUT2D eigenvalue weighted by molar-refractivity contribution is 6.31. The summed E-state index contributed by atoms with van der Waals surface area (Å²) >= 11 is 5.96. The molecule has 7 heteroatoms. The monoisotopic (exact) mass is 333 g/mol. The van der Waals surface area contributed by atoms with Gasteiger partial charge < -0.3 is 16.4 Å². The van der Waals surface area contributed by atoms with Gasteiger partial charge in [0.25, 0.3) is 0 Å². The van der Waals surface area contributed by atoms with Gasteiger partial charge in [0.2, 0.25) is 11.8 Å². The van der Waals surface area contributed by atoms with Crippen molar-refractivity contribution in [2.24, 2.45) is 11.7 Å². The number of carbonyl (C=O) groups is 2. The van der Waals surface area contributed by atoms with Crippen molar-refractivity contribution < 1.29 is 9.59 Å². The van der Waals surface area contributed by atoms with E-state index in [1.54, 1.807) is 18.2 Å². The fourth-order valence-corrected chi connectivity index (χ4v) is 1.70. The Balaban J connectivity index is 0.00000400. The van der Waals surface area contributed by atoms with Crippen LogP contribution in [-0.2, 0) is 9.59 Å². The Morgan fingerprint density at radius 3 is 2.52 bits per heavy atom. The molecular formula is C14H21Cl2N3O2. The first kappa shape index (κ1) is 19.7. The lowest BCUT2D eigenvalue weighted by Crippen LogP contribution is -2.46. The Bertz CT molecular complexity index is 507. The van der Waals surface area contributed by atoms with Crippen molar-refractivity contribution >= 4 is 41.5 Å². The molecule has 2 amide bonds. The Labute approximate surface area is 136 Å². The zero-order chi connectivity index (χ0) is 15.3. The van der Waals surface area contributed by atoms with Crippen LogP contribution in [0.3, 0.4) is 0 Å². The molecule has 0 bridgehead atoms. The quantitative estimate of drug-likeness (QED) is 0.771. The van der Waals surface area contributed by atoms with Gasteiger partial charge >= 0.3 is 0 Å². The fraction of sp³-hybridized carbons (Fsp3) is 0.429. The summed E-state index contributed by atoms with van der Waals surface area (Å²) in [4.78, 5) is 23.4. The third-order valence-corrected chi connectivity index (χ3v) is 3.40. The standard InChI is InChI=1S/C14H20ClN3O2.ClH/c1-8(2)13(16)14(20)17-7-12(19)18-11-6-4-5-10(15)9(11)3;/h4-6,8,13H,7,16H2,1-3H3,(H,17,20)(H,18,19);1H/t13-;/m0./s1. The number of rotatable bonds is 5. The van der Waals surface area contributed by atoms with Crippen LogP contribution in [0.5, 0.6) is 0 Å². The lowest BCUT2D eigenvalue weighted by Gasteiger charge is -2.15. The lowest BCUT2D eigenvalue weighted by atomic mass is 10.1. The van der Waals surface area contributed by atoms with E-state index in [9.17, 15) is 9.59 Å². The van der Waals surface area contributed by atoms with Crippen molar-refractivity contribution in [2.75, 3.05) is 11.9 Å². The molecule has 5 nitrogen and oxygen atoms in total. The first-order valence-corrected chi connectivity index (χ1v) is 6.79. The van der Waals surface area contributed by atoms with Crippen LogP contribution < -0.4 is 16.4 Å². The minimum atomic E-state index is -0.615. The third-order valence-electron chi connectivity index (χ3n) is 2.99. The molecule has 0 spiro atoms. The number of amides is 2. The summed E-state index contributed by atoms with van der Waals surface area (Å²) in [7, 11) is 0. The van der Waals surface area contributed by atoms with Crippen molar-refractivity contribution in [3.63, 3.8) is 0 Å². The van der Waals surface area contributed by atoms with Gasteiger partial charge in [-0.1, -0.05) is 31.5 Å². The molecular weight excluding hydrogens is 313 g/mol. The maximum absolute atomic E-state index is 11.8. The van der Waals surface area contributed by atoms with E-state index in [1.165, 1.54) is 0 Å². The van der Waals surface area contributed by atoms with E-state index in [4.69, 9.17) is 17.3 Å². The van der Waals surface area contributed by atoms with Crippen LogP contribution >= 0.6 is 24.0 Å². The van der Waals surface area contributed by atoms with E-state index in [0.29, 0.717) is 10.7 Å². The Morgan fingerprint density at radius 2 is 1.95 bits per heavy atom. The van der Waals surface area contributed by atoms with E-state index in [2.05, 4.69) is 10.6 Å². The molecule has 0 aliphatic heterocycles. The highest BCUT2D eigenvalue weighted by Crippen LogP contribution is 2.22. The van der Waals surface area contributed by atoms with Gasteiger partial charge in [0, 0.05) is 10.7 Å². The average molecular weight is 334 g/mol. The highest BCUT2D eigenvalue weighted by Gasteiger charge is 2.17. The zero-order valence-corrected chi connectivity index (χ0v) is 13.8. The largest absolute Gasteiger partial charge is 0.346 e. The number of halogens is 2. The number of nitrogens with one attached hydrogen (secondary N) is 2. The van der Waals surface area contributed by atoms with Crippen LogP contribution in [0.15, 0.2) is 18.2 Å². The summed E-state index contributed by atoms with van der Waals surface area (Å²) in [6.45, 7) is 5.38. The SMILES string of the molecule is Cc1c(Cl)cccc1NC(=O)CNC(=O)[C@@H](N)C(C)C.Cl. The van der Waals surface area contributed by atoms with Crippen LogP contribution in [0.4, 0.5) is 5.69 Å². The third kappa shape index (κ3) is 5.91. The summed E-state index contributed by atoms with van der Waals surface area (Å²) in [6.07, 6.45) is 0. The lowest BCUT2D eigenvalue weighted by molar-refractivity contribution is -0.125. The van der Waals surface area contributed by atoms with Gasteiger partial charge in [0.1, 0.15) is 0 Å². The van der Waals surface area contributed by atoms with Gasteiger partial charge in [-0.15, -0.1) is 12.4 Å². The first-order valence-electron chi connectivity index (χ1n) is 6.41. The molecule has 21 heavy (non-hydrogen) atoms. The molecule has 0 saturated carbocycles. The second-order valence-corrected chi connectivity index (χ2v) is 5.36. The predicted molar refractivity (Wildman–Crippen MR) is 87.9 cm³/mol. The number of benzene rings is 1. The number of hydrogen-bond acceptors (Lipinski definition) is 3. The van der Waals surface area contributed by atoms with Crippen molar-refractivity contribution in [1.82, 2.24) is 5.32 Å². The molecule has 1 aromatic carbocycles. The molecule has 0 saturated heterocycles. The molecule has 1 atom stereocenters. The molecule has 0 radical (unpaired) electrons. The molecule has 4 N–H and O–H groups in total. The van der Waals surface area contributed by atoms with Crippen molar-refractivity contribution in [1.29, 1.82) is 0 Å². The first-order chi connectivity index (χ1) is 9.32. The second-order valence-electron chi connectivity index (χ2n) is 4.95. The molecule has 1 aromatic rings. The van der Waals surface area contributed by atoms with Crippen LogP contribution in [0, 0.1) is 12.8 Å². The predicted octanol–water partition coefficient (Wildman–Crippen LogP) is 2.11. The van der Waals surface area contributed by atoms with Gasteiger partial charge in [-0.05, 0) is 30.5 Å². The molecule has 118 valence electrons. The molecule has 0 fully saturated rings. The Hall–Kier alpha value is -1.30. The van der Waals surface area contributed by atoms with E-state index in [0.717, 1.165) is 5.56 Å². The zero-order valence-electron chi connectivity index (χ0n) is 12.3. The van der Waals surface area contributed by atoms with Gasteiger partial charge in [-0.2, -0.15) is 0 Å². The maximum Gasteiger partial charge on any atom is 0.243 e. The van der Waals surface area contributed by atoms with Crippen molar-refractivity contribution in [2.45, 2.75) is 26.8 Å². The van der Waals surface area contributed by atoms with Gasteiger partial charge in [0.05, 0.1) is 12.6 Å². The van der Waals surface area contributed by atoms with Gasteiger partial charge in [-0.3, -0.25) is 9.59 Å².